The Hall–Kier alpha value is 0.400. The van der Waals surface area contributed by atoms with Gasteiger partial charge in [-0.3, -0.25) is 0 Å². The molecule has 0 aromatic carbocycles. The molecular formula is C14H26BrNO. The van der Waals surface area contributed by atoms with Crippen molar-refractivity contribution in [2.24, 2.45) is 5.41 Å². The van der Waals surface area contributed by atoms with Gasteiger partial charge in [-0.25, -0.2) is 0 Å². The highest BCUT2D eigenvalue weighted by molar-refractivity contribution is 9.09. The Balaban J connectivity index is 1.85. The number of ether oxygens (including phenoxy) is 1. The van der Waals surface area contributed by atoms with Crippen LogP contribution in [0.1, 0.15) is 45.4 Å². The molecule has 0 bridgehead atoms. The first-order valence-corrected chi connectivity index (χ1v) is 8.30. The highest BCUT2D eigenvalue weighted by atomic mass is 79.9. The largest absolute Gasteiger partial charge is 0.377 e. The molecule has 1 atom stereocenters. The molecule has 2 rings (SSSR count). The van der Waals surface area contributed by atoms with Crippen LogP contribution in [0.2, 0.25) is 0 Å². The average Bonchev–Trinajstić information content (AvgIpc) is 2.79. The van der Waals surface area contributed by atoms with Gasteiger partial charge in [0.25, 0.3) is 0 Å². The normalized spacial score (nSPS) is 29.6. The second-order valence-corrected chi connectivity index (χ2v) is 6.36. The minimum atomic E-state index is 0.488. The van der Waals surface area contributed by atoms with Gasteiger partial charge in [0, 0.05) is 25.0 Å². The zero-order valence-corrected chi connectivity index (χ0v) is 12.7. The fraction of sp³-hybridized carbons (Fsp3) is 1.00. The second kappa shape index (κ2) is 6.53. The van der Waals surface area contributed by atoms with Crippen molar-refractivity contribution in [3.05, 3.63) is 0 Å². The molecule has 0 N–H and O–H groups in total. The molecule has 3 heteroatoms. The molecule has 1 saturated heterocycles. The Morgan fingerprint density at radius 3 is 2.71 bits per heavy atom. The number of alkyl halides is 1. The zero-order chi connectivity index (χ0) is 12.1. The summed E-state index contributed by atoms with van der Waals surface area (Å²) in [6.45, 7) is 6.68. The summed E-state index contributed by atoms with van der Waals surface area (Å²) in [6, 6.07) is 0. The summed E-state index contributed by atoms with van der Waals surface area (Å²) in [5, 5.41) is 1.18. The van der Waals surface area contributed by atoms with E-state index < -0.39 is 0 Å². The lowest BCUT2D eigenvalue weighted by molar-refractivity contribution is -0.00413. The van der Waals surface area contributed by atoms with Crippen LogP contribution in [0, 0.1) is 5.41 Å². The van der Waals surface area contributed by atoms with Crippen molar-refractivity contribution in [1.82, 2.24) is 4.90 Å². The van der Waals surface area contributed by atoms with Crippen LogP contribution in [0.3, 0.4) is 0 Å². The van der Waals surface area contributed by atoms with Gasteiger partial charge in [0.15, 0.2) is 0 Å². The van der Waals surface area contributed by atoms with E-state index in [2.05, 4.69) is 27.8 Å². The molecule has 0 aromatic rings. The summed E-state index contributed by atoms with van der Waals surface area (Å²) in [7, 11) is 0. The SMILES string of the molecule is CCOC1CCCN(CC2(CBr)CCCC2)C1. The molecule has 2 nitrogen and oxygen atoms in total. The fourth-order valence-corrected chi connectivity index (χ4v) is 4.20. The van der Waals surface area contributed by atoms with Gasteiger partial charge in [-0.05, 0) is 44.6 Å². The van der Waals surface area contributed by atoms with E-state index >= 15 is 0 Å². The van der Waals surface area contributed by atoms with Gasteiger partial charge in [0.2, 0.25) is 0 Å². The summed E-state index contributed by atoms with van der Waals surface area (Å²) in [5.74, 6) is 0. The lowest BCUT2D eigenvalue weighted by Gasteiger charge is -2.38. The molecule has 0 aromatic heterocycles. The van der Waals surface area contributed by atoms with Gasteiger partial charge >= 0.3 is 0 Å². The molecule has 0 spiro atoms. The Morgan fingerprint density at radius 2 is 2.06 bits per heavy atom. The van der Waals surface area contributed by atoms with E-state index in [0.29, 0.717) is 11.5 Å². The van der Waals surface area contributed by atoms with Crippen molar-refractivity contribution >= 4 is 15.9 Å². The van der Waals surface area contributed by atoms with E-state index in [0.717, 1.165) is 13.2 Å². The molecule has 1 aliphatic carbocycles. The van der Waals surface area contributed by atoms with Crippen molar-refractivity contribution in [2.75, 3.05) is 31.6 Å². The van der Waals surface area contributed by atoms with Crippen LogP contribution in [-0.2, 0) is 4.74 Å². The van der Waals surface area contributed by atoms with Crippen molar-refractivity contribution < 1.29 is 4.74 Å². The van der Waals surface area contributed by atoms with E-state index in [4.69, 9.17) is 4.74 Å². The van der Waals surface area contributed by atoms with Gasteiger partial charge in [0.1, 0.15) is 0 Å². The number of likely N-dealkylation sites (tertiary alicyclic amines) is 1. The molecule has 17 heavy (non-hydrogen) atoms. The van der Waals surface area contributed by atoms with E-state index in [1.54, 1.807) is 0 Å². The van der Waals surface area contributed by atoms with Crippen molar-refractivity contribution in [2.45, 2.75) is 51.6 Å². The summed E-state index contributed by atoms with van der Waals surface area (Å²) in [5.41, 5.74) is 0.564. The molecule has 1 heterocycles. The number of piperidine rings is 1. The first-order chi connectivity index (χ1) is 8.28. The lowest BCUT2D eigenvalue weighted by Crippen LogP contribution is -2.45. The van der Waals surface area contributed by atoms with Crippen LogP contribution in [0.25, 0.3) is 0 Å². The highest BCUT2D eigenvalue weighted by Gasteiger charge is 2.35. The molecule has 1 aliphatic heterocycles. The van der Waals surface area contributed by atoms with E-state index in [9.17, 15) is 0 Å². The van der Waals surface area contributed by atoms with E-state index in [1.807, 2.05) is 0 Å². The third kappa shape index (κ3) is 3.68. The van der Waals surface area contributed by atoms with Gasteiger partial charge in [-0.2, -0.15) is 0 Å². The Kier molecular flexibility index (Phi) is 5.31. The minimum Gasteiger partial charge on any atom is -0.377 e. The van der Waals surface area contributed by atoms with Crippen molar-refractivity contribution in [3.8, 4) is 0 Å². The summed E-state index contributed by atoms with van der Waals surface area (Å²) >= 11 is 3.75. The van der Waals surface area contributed by atoms with Crippen molar-refractivity contribution in [1.29, 1.82) is 0 Å². The molecule has 2 aliphatic rings. The Bertz CT molecular complexity index is 226. The maximum atomic E-state index is 5.79. The first kappa shape index (κ1) is 13.8. The number of nitrogens with zero attached hydrogens (tertiary/aromatic N) is 1. The summed E-state index contributed by atoms with van der Waals surface area (Å²) in [4.78, 5) is 2.65. The number of hydrogen-bond acceptors (Lipinski definition) is 2. The quantitative estimate of drug-likeness (QED) is 0.721. The smallest absolute Gasteiger partial charge is 0.0702 e. The minimum absolute atomic E-state index is 0.488. The first-order valence-electron chi connectivity index (χ1n) is 7.18. The van der Waals surface area contributed by atoms with Crippen LogP contribution in [0.5, 0.6) is 0 Å². The molecule has 0 amide bonds. The molecular weight excluding hydrogens is 278 g/mol. The van der Waals surface area contributed by atoms with E-state index in [-0.39, 0.29) is 0 Å². The van der Waals surface area contributed by atoms with Gasteiger partial charge in [-0.1, -0.05) is 28.8 Å². The maximum Gasteiger partial charge on any atom is 0.0702 e. The predicted molar refractivity (Wildman–Crippen MR) is 75.8 cm³/mol. The van der Waals surface area contributed by atoms with Crippen LogP contribution >= 0.6 is 15.9 Å². The predicted octanol–water partition coefficient (Wildman–Crippen LogP) is 3.44. The monoisotopic (exact) mass is 303 g/mol. The van der Waals surface area contributed by atoms with Crippen molar-refractivity contribution in [3.63, 3.8) is 0 Å². The fourth-order valence-electron chi connectivity index (χ4n) is 3.46. The summed E-state index contributed by atoms with van der Waals surface area (Å²) in [6.07, 6.45) is 8.72. The molecule has 1 unspecified atom stereocenters. The Labute approximate surface area is 114 Å². The van der Waals surface area contributed by atoms with Gasteiger partial charge < -0.3 is 9.64 Å². The molecule has 2 fully saturated rings. The Morgan fingerprint density at radius 1 is 1.29 bits per heavy atom. The molecule has 0 radical (unpaired) electrons. The van der Waals surface area contributed by atoms with Crippen LogP contribution in [0.15, 0.2) is 0 Å². The van der Waals surface area contributed by atoms with Gasteiger partial charge in [-0.15, -0.1) is 0 Å². The average molecular weight is 304 g/mol. The van der Waals surface area contributed by atoms with Crippen LogP contribution < -0.4 is 0 Å². The molecule has 100 valence electrons. The molecule has 1 saturated carbocycles. The second-order valence-electron chi connectivity index (χ2n) is 5.80. The number of hydrogen-bond donors (Lipinski definition) is 0. The number of rotatable bonds is 5. The standard InChI is InChI=1S/C14H26BrNO/c1-2-17-13-6-5-9-16(10-13)12-14(11-15)7-3-4-8-14/h13H,2-12H2,1H3. The van der Waals surface area contributed by atoms with Gasteiger partial charge in [0.05, 0.1) is 6.10 Å². The number of halogens is 1. The highest BCUT2D eigenvalue weighted by Crippen LogP contribution is 2.40. The third-order valence-corrected chi connectivity index (χ3v) is 5.56. The summed E-state index contributed by atoms with van der Waals surface area (Å²) < 4.78 is 5.79. The maximum absolute atomic E-state index is 5.79. The topological polar surface area (TPSA) is 12.5 Å². The third-order valence-electron chi connectivity index (χ3n) is 4.37. The van der Waals surface area contributed by atoms with E-state index in [1.165, 1.54) is 56.9 Å². The van der Waals surface area contributed by atoms with Crippen LogP contribution in [0.4, 0.5) is 0 Å². The zero-order valence-electron chi connectivity index (χ0n) is 11.1. The lowest BCUT2D eigenvalue weighted by atomic mass is 9.87. The van der Waals surface area contributed by atoms with Crippen LogP contribution in [-0.4, -0.2) is 42.6 Å².